The molecule has 0 amide bonds. The molecule has 0 radical (unpaired) electrons. The fraction of sp³-hybridized carbons (Fsp3) is 0.600. The molecule has 0 aromatic heterocycles. The van der Waals surface area contributed by atoms with Gasteiger partial charge in [-0.05, 0) is 31.3 Å². The Morgan fingerprint density at radius 3 is 3.00 bits per heavy atom. The van der Waals surface area contributed by atoms with Crippen molar-refractivity contribution in [3.63, 3.8) is 0 Å². The van der Waals surface area contributed by atoms with Crippen LogP contribution in [0.3, 0.4) is 0 Å². The first-order valence-corrected chi connectivity index (χ1v) is 7.29. The van der Waals surface area contributed by atoms with Gasteiger partial charge in [0.05, 0.1) is 12.6 Å². The zero-order valence-corrected chi connectivity index (χ0v) is 12.3. The zero-order chi connectivity index (χ0) is 14.1. The van der Waals surface area contributed by atoms with Gasteiger partial charge in [0, 0.05) is 32.1 Å². The van der Waals surface area contributed by atoms with E-state index >= 15 is 0 Å². The molecule has 2 unspecified atom stereocenters. The highest BCUT2D eigenvalue weighted by atomic mass is 16.5. The van der Waals surface area contributed by atoms with E-state index in [1.807, 2.05) is 0 Å². The van der Waals surface area contributed by atoms with Gasteiger partial charge in [-0.1, -0.05) is 12.1 Å². The number of ether oxygens (including phenoxy) is 1. The van der Waals surface area contributed by atoms with Gasteiger partial charge in [0.1, 0.15) is 5.75 Å². The number of fused-ring (bicyclic) bond motifs is 1. The molecule has 1 saturated heterocycles. The Kier molecular flexibility index (Phi) is 3.94. The van der Waals surface area contributed by atoms with E-state index in [1.54, 1.807) is 0 Å². The molecule has 1 aromatic rings. The van der Waals surface area contributed by atoms with E-state index in [1.165, 1.54) is 11.1 Å². The molecule has 2 aliphatic rings. The van der Waals surface area contributed by atoms with Gasteiger partial charge < -0.3 is 9.64 Å². The number of piperazine rings is 1. The molecular weight excluding hydrogens is 252 g/mol. The predicted octanol–water partition coefficient (Wildman–Crippen LogP) is 0.372. The molecule has 1 aromatic carbocycles. The highest BCUT2D eigenvalue weighted by Gasteiger charge is 2.30. The predicted molar refractivity (Wildman–Crippen MR) is 79.6 cm³/mol. The van der Waals surface area contributed by atoms with E-state index in [4.69, 9.17) is 10.6 Å². The molecular formula is C15H24N4O. The number of hydrazine groups is 1. The van der Waals surface area contributed by atoms with Gasteiger partial charge in [-0.3, -0.25) is 16.2 Å². The molecule has 0 bridgehead atoms. The minimum atomic E-state index is 0.147. The lowest BCUT2D eigenvalue weighted by molar-refractivity contribution is 0.0876. The van der Waals surface area contributed by atoms with Crippen LogP contribution in [0.25, 0.3) is 0 Å². The molecule has 1 fully saturated rings. The Morgan fingerprint density at radius 1 is 1.35 bits per heavy atom. The minimum Gasteiger partial charge on any atom is -0.493 e. The summed E-state index contributed by atoms with van der Waals surface area (Å²) in [6.07, 6.45) is 1.00. The maximum Gasteiger partial charge on any atom is 0.122 e. The lowest BCUT2D eigenvalue weighted by Gasteiger charge is -2.41. The van der Waals surface area contributed by atoms with E-state index in [-0.39, 0.29) is 6.04 Å². The van der Waals surface area contributed by atoms with Crippen LogP contribution >= 0.6 is 0 Å². The number of nitrogens with zero attached hydrogens (tertiary/aromatic N) is 2. The number of benzene rings is 1. The molecule has 5 heteroatoms. The molecule has 3 N–H and O–H groups in total. The smallest absolute Gasteiger partial charge is 0.122 e. The van der Waals surface area contributed by atoms with Crippen LogP contribution in [0, 0.1) is 0 Å². The van der Waals surface area contributed by atoms with Gasteiger partial charge in [-0.15, -0.1) is 0 Å². The van der Waals surface area contributed by atoms with Gasteiger partial charge >= 0.3 is 0 Å². The van der Waals surface area contributed by atoms with Crippen LogP contribution in [0.4, 0.5) is 0 Å². The number of rotatable bonds is 3. The van der Waals surface area contributed by atoms with Crippen molar-refractivity contribution in [2.45, 2.75) is 18.5 Å². The molecule has 20 heavy (non-hydrogen) atoms. The van der Waals surface area contributed by atoms with Crippen LogP contribution in [-0.4, -0.2) is 56.2 Å². The van der Waals surface area contributed by atoms with Gasteiger partial charge in [0.25, 0.3) is 0 Å². The lowest BCUT2D eigenvalue weighted by Crippen LogP contribution is -2.56. The lowest BCUT2D eigenvalue weighted by atomic mass is 9.95. The number of hydrogen-bond donors (Lipinski definition) is 2. The van der Waals surface area contributed by atoms with Crippen molar-refractivity contribution in [2.24, 2.45) is 5.84 Å². The second kappa shape index (κ2) is 5.69. The quantitative estimate of drug-likeness (QED) is 0.617. The Morgan fingerprint density at radius 2 is 2.20 bits per heavy atom. The summed E-state index contributed by atoms with van der Waals surface area (Å²) >= 11 is 0. The van der Waals surface area contributed by atoms with Crippen LogP contribution in [0.1, 0.15) is 17.2 Å². The molecule has 3 rings (SSSR count). The fourth-order valence-corrected chi connectivity index (χ4v) is 3.23. The van der Waals surface area contributed by atoms with Crippen LogP contribution < -0.4 is 16.0 Å². The van der Waals surface area contributed by atoms with Crippen LogP contribution in [-0.2, 0) is 6.42 Å². The molecule has 2 heterocycles. The highest BCUT2D eigenvalue weighted by Crippen LogP contribution is 2.30. The van der Waals surface area contributed by atoms with Gasteiger partial charge in [0.2, 0.25) is 0 Å². The molecule has 0 saturated carbocycles. The molecule has 0 aliphatic carbocycles. The average Bonchev–Trinajstić information content (AvgIpc) is 2.91. The van der Waals surface area contributed by atoms with E-state index < -0.39 is 0 Å². The van der Waals surface area contributed by atoms with Crippen LogP contribution in [0.5, 0.6) is 5.75 Å². The number of likely N-dealkylation sites (N-methyl/N-ethyl adjacent to an activating group) is 2. The summed E-state index contributed by atoms with van der Waals surface area (Å²) in [5.74, 6) is 6.89. The molecule has 5 nitrogen and oxygen atoms in total. The Hall–Kier alpha value is -1.14. The summed E-state index contributed by atoms with van der Waals surface area (Å²) in [5.41, 5.74) is 5.58. The van der Waals surface area contributed by atoms with Crippen molar-refractivity contribution < 1.29 is 4.74 Å². The first kappa shape index (κ1) is 13.8. The summed E-state index contributed by atoms with van der Waals surface area (Å²) < 4.78 is 5.58. The third-order valence-corrected chi connectivity index (χ3v) is 4.54. The molecule has 2 atom stereocenters. The third kappa shape index (κ3) is 2.54. The van der Waals surface area contributed by atoms with Crippen molar-refractivity contribution in [1.29, 1.82) is 0 Å². The second-order valence-corrected chi connectivity index (χ2v) is 5.92. The second-order valence-electron chi connectivity index (χ2n) is 5.92. The first-order chi connectivity index (χ1) is 9.69. The molecule has 110 valence electrons. The molecule has 0 spiro atoms. The summed E-state index contributed by atoms with van der Waals surface area (Å²) in [5, 5.41) is 0. The Bertz CT molecular complexity index is 479. The first-order valence-electron chi connectivity index (χ1n) is 7.29. The zero-order valence-electron chi connectivity index (χ0n) is 12.3. The standard InChI is InChI=1S/C15H24N4O/c1-18-6-7-19(2)13(10-18)15(17-16)12-3-4-14-11(9-12)5-8-20-14/h3-4,9,13,15,17H,5-8,10,16H2,1-2H3. The van der Waals surface area contributed by atoms with Crippen LogP contribution in [0.15, 0.2) is 18.2 Å². The summed E-state index contributed by atoms with van der Waals surface area (Å²) in [7, 11) is 4.35. The van der Waals surface area contributed by atoms with Crippen LogP contribution in [0.2, 0.25) is 0 Å². The highest BCUT2D eigenvalue weighted by molar-refractivity contribution is 5.41. The number of hydrogen-bond acceptors (Lipinski definition) is 5. The average molecular weight is 276 g/mol. The van der Waals surface area contributed by atoms with Crippen molar-refractivity contribution >= 4 is 0 Å². The van der Waals surface area contributed by atoms with Crippen molar-refractivity contribution in [2.75, 3.05) is 40.3 Å². The monoisotopic (exact) mass is 276 g/mol. The summed E-state index contributed by atoms with van der Waals surface area (Å²) in [6, 6.07) is 6.99. The fourth-order valence-electron chi connectivity index (χ4n) is 3.23. The largest absolute Gasteiger partial charge is 0.493 e. The summed E-state index contributed by atoms with van der Waals surface area (Å²) in [4.78, 5) is 4.76. The van der Waals surface area contributed by atoms with Gasteiger partial charge in [-0.2, -0.15) is 0 Å². The maximum absolute atomic E-state index is 5.86. The SMILES string of the molecule is CN1CCN(C)C(C(NN)c2ccc3c(c2)CCO3)C1. The van der Waals surface area contributed by atoms with E-state index in [9.17, 15) is 0 Å². The number of nitrogens with two attached hydrogens (primary N) is 1. The normalized spacial score (nSPS) is 25.2. The van der Waals surface area contributed by atoms with E-state index in [2.05, 4.69) is 47.5 Å². The van der Waals surface area contributed by atoms with Crippen molar-refractivity contribution in [1.82, 2.24) is 15.2 Å². The Labute approximate surface area is 120 Å². The summed E-state index contributed by atoms with van der Waals surface area (Å²) in [6.45, 7) is 4.01. The van der Waals surface area contributed by atoms with Crippen molar-refractivity contribution in [3.8, 4) is 5.75 Å². The van der Waals surface area contributed by atoms with E-state index in [0.29, 0.717) is 6.04 Å². The molecule has 2 aliphatic heterocycles. The van der Waals surface area contributed by atoms with Gasteiger partial charge in [0.15, 0.2) is 0 Å². The third-order valence-electron chi connectivity index (χ3n) is 4.54. The topological polar surface area (TPSA) is 53.8 Å². The van der Waals surface area contributed by atoms with Gasteiger partial charge in [-0.25, -0.2) is 0 Å². The Balaban J connectivity index is 1.85. The van der Waals surface area contributed by atoms with Crippen molar-refractivity contribution in [3.05, 3.63) is 29.3 Å². The number of nitrogens with one attached hydrogen (secondary N) is 1. The van der Waals surface area contributed by atoms with E-state index in [0.717, 1.165) is 38.4 Å². The minimum absolute atomic E-state index is 0.147. The maximum atomic E-state index is 5.86.